The summed E-state index contributed by atoms with van der Waals surface area (Å²) in [5.74, 6) is 0.166. The van der Waals surface area contributed by atoms with Crippen molar-refractivity contribution in [2.75, 3.05) is 29.1 Å². The molecule has 31 heavy (non-hydrogen) atoms. The van der Waals surface area contributed by atoms with Crippen LogP contribution in [0.3, 0.4) is 0 Å². The maximum atomic E-state index is 13.3. The van der Waals surface area contributed by atoms with Crippen LogP contribution in [0.2, 0.25) is 0 Å². The molecule has 4 rings (SSSR count). The topological polar surface area (TPSA) is 119 Å². The molecule has 1 aliphatic rings. The van der Waals surface area contributed by atoms with Crippen LogP contribution in [0.15, 0.2) is 46.2 Å². The predicted molar refractivity (Wildman–Crippen MR) is 112 cm³/mol. The third-order valence-corrected chi connectivity index (χ3v) is 5.71. The fourth-order valence-electron chi connectivity index (χ4n) is 3.31. The van der Waals surface area contributed by atoms with Crippen LogP contribution in [-0.4, -0.2) is 44.4 Å². The van der Waals surface area contributed by atoms with Crippen LogP contribution in [0.4, 0.5) is 21.7 Å². The molecule has 1 saturated heterocycles. The Morgan fingerprint density at radius 2 is 2.10 bits per heavy atom. The van der Waals surface area contributed by atoms with Crippen molar-refractivity contribution in [2.24, 2.45) is 0 Å². The number of nitrogens with one attached hydrogen (secondary N) is 1. The van der Waals surface area contributed by atoms with Crippen molar-refractivity contribution in [1.29, 1.82) is 0 Å². The van der Waals surface area contributed by atoms with Gasteiger partial charge >= 0.3 is 0 Å². The van der Waals surface area contributed by atoms with Gasteiger partial charge in [-0.15, -0.1) is 10.2 Å². The number of carbonyl (C=O) groups is 1. The first-order chi connectivity index (χ1) is 15.0. The van der Waals surface area contributed by atoms with Gasteiger partial charge in [0, 0.05) is 13.1 Å². The minimum absolute atomic E-state index is 0.0508. The van der Waals surface area contributed by atoms with E-state index in [1.165, 1.54) is 6.07 Å². The fraction of sp³-hybridized carbons (Fsp3) is 0.316. The minimum atomic E-state index is -0.750. The van der Waals surface area contributed by atoms with Crippen molar-refractivity contribution < 1.29 is 18.5 Å². The van der Waals surface area contributed by atoms with E-state index in [0.29, 0.717) is 17.6 Å². The first-order valence-electron chi connectivity index (χ1n) is 9.58. The zero-order chi connectivity index (χ0) is 21.8. The second-order valence-electron chi connectivity index (χ2n) is 6.90. The number of benzene rings is 1. The molecular formula is C19H19FN6O4S. The molecule has 2 aromatic heterocycles. The molecule has 0 aliphatic carbocycles. The van der Waals surface area contributed by atoms with Gasteiger partial charge in [-0.2, -0.15) is 0 Å². The lowest BCUT2D eigenvalue weighted by atomic mass is 10.2. The van der Waals surface area contributed by atoms with Crippen molar-refractivity contribution in [3.05, 3.63) is 58.3 Å². The molecule has 1 amide bonds. The molecule has 0 saturated carbocycles. The van der Waals surface area contributed by atoms with Crippen molar-refractivity contribution in [1.82, 2.24) is 14.8 Å². The number of hydrogen-bond donors (Lipinski definition) is 1. The molecule has 0 spiro atoms. The molecule has 0 radical (unpaired) electrons. The third-order valence-electron chi connectivity index (χ3n) is 4.74. The number of thioether (sulfide) groups is 1. The van der Waals surface area contributed by atoms with Gasteiger partial charge in [-0.25, -0.2) is 4.39 Å². The Balaban J connectivity index is 1.48. The van der Waals surface area contributed by atoms with Crippen molar-refractivity contribution in [2.45, 2.75) is 24.5 Å². The van der Waals surface area contributed by atoms with E-state index < -0.39 is 22.3 Å². The smallest absolute Gasteiger partial charge is 0.295 e. The molecule has 3 heterocycles. The van der Waals surface area contributed by atoms with Gasteiger partial charge in [-0.1, -0.05) is 11.8 Å². The lowest BCUT2D eigenvalue weighted by Crippen LogP contribution is -2.23. The van der Waals surface area contributed by atoms with Crippen LogP contribution in [0, 0.1) is 15.9 Å². The zero-order valence-electron chi connectivity index (χ0n) is 16.4. The maximum Gasteiger partial charge on any atom is 0.295 e. The Labute approximate surface area is 180 Å². The molecular weight excluding hydrogens is 427 g/mol. The van der Waals surface area contributed by atoms with Crippen LogP contribution in [-0.2, 0) is 11.3 Å². The number of anilines is 2. The molecule has 162 valence electrons. The van der Waals surface area contributed by atoms with E-state index in [2.05, 4.69) is 20.4 Å². The second-order valence-corrected chi connectivity index (χ2v) is 7.84. The molecule has 1 N–H and O–H groups in total. The predicted octanol–water partition coefficient (Wildman–Crippen LogP) is 3.30. The molecule has 0 bridgehead atoms. The molecule has 0 unspecified atom stereocenters. The highest BCUT2D eigenvalue weighted by Crippen LogP contribution is 2.28. The number of nitro groups is 1. The summed E-state index contributed by atoms with van der Waals surface area (Å²) in [5.41, 5.74) is -0.567. The molecule has 12 heteroatoms. The highest BCUT2D eigenvalue weighted by Gasteiger charge is 2.23. The zero-order valence-corrected chi connectivity index (χ0v) is 17.2. The summed E-state index contributed by atoms with van der Waals surface area (Å²) in [7, 11) is 0. The number of nitro benzene ring substituents is 1. The van der Waals surface area contributed by atoms with Gasteiger partial charge in [-0.3, -0.25) is 19.5 Å². The Hall–Kier alpha value is -3.41. The molecule has 0 atom stereocenters. The first kappa shape index (κ1) is 20.8. The van der Waals surface area contributed by atoms with E-state index in [-0.39, 0.29) is 11.4 Å². The van der Waals surface area contributed by atoms with Crippen LogP contribution in [0.25, 0.3) is 0 Å². The second kappa shape index (κ2) is 9.16. The average Bonchev–Trinajstić information content (AvgIpc) is 3.50. The summed E-state index contributed by atoms with van der Waals surface area (Å²) in [6, 6.07) is 6.64. The molecule has 1 fully saturated rings. The first-order valence-corrected chi connectivity index (χ1v) is 10.6. The Morgan fingerprint density at radius 3 is 2.81 bits per heavy atom. The van der Waals surface area contributed by atoms with Crippen LogP contribution >= 0.6 is 11.8 Å². The fourth-order valence-corrected chi connectivity index (χ4v) is 4.05. The van der Waals surface area contributed by atoms with Gasteiger partial charge in [0.1, 0.15) is 17.3 Å². The van der Waals surface area contributed by atoms with Crippen LogP contribution in [0.5, 0.6) is 0 Å². The summed E-state index contributed by atoms with van der Waals surface area (Å²) < 4.78 is 20.6. The highest BCUT2D eigenvalue weighted by molar-refractivity contribution is 7.99. The maximum absolute atomic E-state index is 13.3. The minimum Gasteiger partial charge on any atom is -0.467 e. The van der Waals surface area contributed by atoms with Gasteiger partial charge in [0.15, 0.2) is 5.16 Å². The van der Waals surface area contributed by atoms with Crippen LogP contribution in [0.1, 0.15) is 18.6 Å². The SMILES string of the molecule is O=C(CSc1nnc(N2CCCC2)n1Cc1ccco1)Nc1ccc(F)cc1[N+](=O)[O-]. The number of furan rings is 1. The van der Waals surface area contributed by atoms with E-state index in [1.54, 1.807) is 12.3 Å². The van der Waals surface area contributed by atoms with Gasteiger partial charge in [0.25, 0.3) is 5.69 Å². The summed E-state index contributed by atoms with van der Waals surface area (Å²) >= 11 is 1.16. The molecule has 3 aromatic rings. The number of hydrogen-bond acceptors (Lipinski definition) is 8. The normalized spacial score (nSPS) is 13.5. The largest absolute Gasteiger partial charge is 0.467 e. The summed E-state index contributed by atoms with van der Waals surface area (Å²) in [6.45, 7) is 2.19. The van der Waals surface area contributed by atoms with Crippen molar-refractivity contribution in [3.63, 3.8) is 0 Å². The van der Waals surface area contributed by atoms with Crippen molar-refractivity contribution >= 4 is 35.0 Å². The Kier molecular flexibility index (Phi) is 6.16. The van der Waals surface area contributed by atoms with Gasteiger partial charge in [-0.05, 0) is 37.1 Å². The number of amides is 1. The molecule has 10 nitrogen and oxygen atoms in total. The number of rotatable bonds is 8. The van der Waals surface area contributed by atoms with Gasteiger partial charge < -0.3 is 14.6 Å². The number of carbonyl (C=O) groups excluding carboxylic acids is 1. The summed E-state index contributed by atoms with van der Waals surface area (Å²) in [6.07, 6.45) is 3.75. The number of aromatic nitrogens is 3. The lowest BCUT2D eigenvalue weighted by Gasteiger charge is -2.17. The Bertz CT molecular complexity index is 1080. The summed E-state index contributed by atoms with van der Waals surface area (Å²) in [4.78, 5) is 24.9. The summed E-state index contributed by atoms with van der Waals surface area (Å²) in [5, 5.41) is 22.6. The Morgan fingerprint density at radius 1 is 1.29 bits per heavy atom. The number of halogens is 1. The van der Waals surface area contributed by atoms with E-state index in [0.717, 1.165) is 55.6 Å². The van der Waals surface area contributed by atoms with E-state index in [4.69, 9.17) is 4.42 Å². The van der Waals surface area contributed by atoms with E-state index >= 15 is 0 Å². The number of nitrogens with zero attached hydrogens (tertiary/aromatic N) is 5. The quantitative estimate of drug-likeness (QED) is 0.318. The average molecular weight is 446 g/mol. The van der Waals surface area contributed by atoms with E-state index in [1.807, 2.05) is 10.6 Å². The van der Waals surface area contributed by atoms with Gasteiger partial charge in [0.05, 0.1) is 29.6 Å². The van der Waals surface area contributed by atoms with Gasteiger partial charge in [0.2, 0.25) is 11.9 Å². The standard InChI is InChI=1S/C19H19FN6O4S/c20-13-5-6-15(16(10-13)26(28)29)21-17(27)12-31-19-23-22-18(24-7-1-2-8-24)25(19)11-14-4-3-9-30-14/h3-6,9-10H,1-2,7-8,11-12H2,(H,21,27). The molecule has 1 aromatic carbocycles. The van der Waals surface area contributed by atoms with Crippen molar-refractivity contribution in [3.8, 4) is 0 Å². The van der Waals surface area contributed by atoms with E-state index in [9.17, 15) is 19.3 Å². The van der Waals surface area contributed by atoms with Crippen LogP contribution < -0.4 is 10.2 Å². The highest BCUT2D eigenvalue weighted by atomic mass is 32.2. The monoisotopic (exact) mass is 446 g/mol. The third kappa shape index (κ3) is 4.85. The lowest BCUT2D eigenvalue weighted by molar-refractivity contribution is -0.384. The molecule has 1 aliphatic heterocycles.